The molecule has 0 fully saturated rings. The summed E-state index contributed by atoms with van der Waals surface area (Å²) in [7, 11) is 0. The second kappa shape index (κ2) is 6.73. The van der Waals surface area contributed by atoms with Crippen LogP contribution < -0.4 is 10.6 Å². The van der Waals surface area contributed by atoms with Gasteiger partial charge < -0.3 is 10.6 Å². The number of ketones is 1. The largest absolute Gasteiger partial charge is 0.373 e. The molecule has 1 aliphatic heterocycles. The van der Waals surface area contributed by atoms with Crippen LogP contribution in [0, 0.1) is 12.3 Å². The Morgan fingerprint density at radius 1 is 1.04 bits per heavy atom. The lowest BCUT2D eigenvalue weighted by Crippen LogP contribution is -2.34. The summed E-state index contributed by atoms with van der Waals surface area (Å²) < 4.78 is 0. The Labute approximate surface area is 161 Å². The number of carbonyl (C=O) groups excluding carboxylic acids is 1. The predicted molar refractivity (Wildman–Crippen MR) is 113 cm³/mol. The van der Waals surface area contributed by atoms with E-state index >= 15 is 0 Å². The third-order valence-corrected chi connectivity index (χ3v) is 5.28. The Bertz CT molecular complexity index is 938. The molecule has 1 aliphatic carbocycles. The van der Waals surface area contributed by atoms with Gasteiger partial charge in [0.2, 0.25) is 0 Å². The van der Waals surface area contributed by atoms with Crippen LogP contribution >= 0.6 is 0 Å². The van der Waals surface area contributed by atoms with Crippen molar-refractivity contribution < 1.29 is 4.79 Å². The minimum atomic E-state index is -0.139. The molecule has 2 aromatic carbocycles. The van der Waals surface area contributed by atoms with Gasteiger partial charge in [0.05, 0.1) is 17.4 Å². The van der Waals surface area contributed by atoms with Gasteiger partial charge in [-0.05, 0) is 42.0 Å². The van der Waals surface area contributed by atoms with Gasteiger partial charge in [-0.3, -0.25) is 4.79 Å². The molecule has 0 radical (unpaired) electrons. The van der Waals surface area contributed by atoms with Crippen molar-refractivity contribution >= 4 is 23.2 Å². The van der Waals surface area contributed by atoms with Gasteiger partial charge in [-0.15, -0.1) is 0 Å². The van der Waals surface area contributed by atoms with Crippen molar-refractivity contribution in [3.05, 3.63) is 77.0 Å². The van der Waals surface area contributed by atoms with Crippen molar-refractivity contribution in [1.29, 1.82) is 0 Å². The molecule has 2 aliphatic rings. The van der Waals surface area contributed by atoms with Gasteiger partial charge >= 0.3 is 0 Å². The number of anilines is 2. The van der Waals surface area contributed by atoms with E-state index in [1.807, 2.05) is 18.2 Å². The molecule has 0 bridgehead atoms. The van der Waals surface area contributed by atoms with E-state index in [1.165, 1.54) is 5.56 Å². The standard InChI is InChI=1S/C24H26N2O/c1-16-9-11-18-20(13-16)26-19(12-10-17-7-5-4-6-8-17)23-21(25-18)14-24(2,3)15-22(23)27/h4-13,19,25-26H,14-15H2,1-3H3/b12-10+/t19-/m1/s1. The van der Waals surface area contributed by atoms with Crippen LogP contribution in [-0.2, 0) is 4.79 Å². The van der Waals surface area contributed by atoms with Crippen LogP contribution in [0.2, 0.25) is 0 Å². The second-order valence-corrected chi connectivity index (χ2v) is 8.40. The number of rotatable bonds is 2. The number of hydrogen-bond acceptors (Lipinski definition) is 3. The molecule has 0 spiro atoms. The van der Waals surface area contributed by atoms with Gasteiger partial charge in [0.1, 0.15) is 0 Å². The fraction of sp³-hybridized carbons (Fsp3) is 0.292. The number of hydrogen-bond donors (Lipinski definition) is 2. The molecule has 2 N–H and O–H groups in total. The van der Waals surface area contributed by atoms with E-state index in [0.717, 1.165) is 34.6 Å². The van der Waals surface area contributed by atoms with E-state index in [9.17, 15) is 4.79 Å². The topological polar surface area (TPSA) is 41.1 Å². The lowest BCUT2D eigenvalue weighted by molar-refractivity contribution is -0.118. The zero-order valence-corrected chi connectivity index (χ0v) is 16.2. The van der Waals surface area contributed by atoms with Gasteiger partial charge in [-0.25, -0.2) is 0 Å². The first kappa shape index (κ1) is 17.6. The molecule has 138 valence electrons. The summed E-state index contributed by atoms with van der Waals surface area (Å²) >= 11 is 0. The van der Waals surface area contributed by atoms with Crippen LogP contribution in [0.15, 0.2) is 65.9 Å². The molecule has 0 aromatic heterocycles. The third kappa shape index (κ3) is 3.68. The van der Waals surface area contributed by atoms with Crippen LogP contribution in [0.25, 0.3) is 6.08 Å². The average molecular weight is 358 g/mol. The zero-order chi connectivity index (χ0) is 19.0. The highest BCUT2D eigenvalue weighted by Gasteiger charge is 2.37. The van der Waals surface area contributed by atoms with E-state index in [1.54, 1.807) is 0 Å². The molecule has 3 heteroatoms. The smallest absolute Gasteiger partial charge is 0.163 e. The molecule has 0 saturated heterocycles. The SMILES string of the molecule is Cc1ccc2c(c1)N[C@H](/C=C/c1ccccc1)C1=C(CC(C)(C)CC1=O)N2. The lowest BCUT2D eigenvalue weighted by Gasteiger charge is -2.33. The summed E-state index contributed by atoms with van der Waals surface area (Å²) in [6.45, 7) is 6.42. The van der Waals surface area contributed by atoms with Crippen LogP contribution in [0.1, 0.15) is 37.8 Å². The fourth-order valence-electron chi connectivity index (χ4n) is 4.01. The van der Waals surface area contributed by atoms with Gasteiger partial charge in [-0.1, -0.05) is 62.4 Å². The molecule has 4 rings (SSSR count). The zero-order valence-electron chi connectivity index (χ0n) is 16.2. The average Bonchev–Trinajstić information content (AvgIpc) is 2.75. The van der Waals surface area contributed by atoms with Crippen molar-refractivity contribution in [2.75, 3.05) is 10.6 Å². The number of allylic oxidation sites excluding steroid dienone is 1. The minimum absolute atomic E-state index is 0.0220. The molecule has 2 aromatic rings. The maximum Gasteiger partial charge on any atom is 0.163 e. The molecule has 27 heavy (non-hydrogen) atoms. The van der Waals surface area contributed by atoms with E-state index in [0.29, 0.717) is 6.42 Å². The van der Waals surface area contributed by atoms with E-state index < -0.39 is 0 Å². The Kier molecular flexibility index (Phi) is 4.39. The second-order valence-electron chi connectivity index (χ2n) is 8.40. The molecular formula is C24H26N2O. The molecule has 3 nitrogen and oxygen atoms in total. The van der Waals surface area contributed by atoms with Crippen molar-refractivity contribution in [1.82, 2.24) is 0 Å². The number of fused-ring (bicyclic) bond motifs is 1. The molecule has 0 amide bonds. The van der Waals surface area contributed by atoms with E-state index in [-0.39, 0.29) is 17.2 Å². The maximum absolute atomic E-state index is 13.1. The van der Waals surface area contributed by atoms with E-state index in [4.69, 9.17) is 0 Å². The Balaban J connectivity index is 1.78. The van der Waals surface area contributed by atoms with Crippen LogP contribution in [0.5, 0.6) is 0 Å². The highest BCUT2D eigenvalue weighted by Crippen LogP contribution is 2.42. The number of nitrogens with one attached hydrogen (secondary N) is 2. The quantitative estimate of drug-likeness (QED) is 0.739. The lowest BCUT2D eigenvalue weighted by atomic mass is 9.74. The van der Waals surface area contributed by atoms with Gasteiger partial charge in [-0.2, -0.15) is 0 Å². The van der Waals surface area contributed by atoms with Gasteiger partial charge in [0, 0.05) is 17.7 Å². The van der Waals surface area contributed by atoms with Crippen LogP contribution in [0.3, 0.4) is 0 Å². The summed E-state index contributed by atoms with van der Waals surface area (Å²) in [6.07, 6.45) is 5.66. The Morgan fingerprint density at radius 2 is 1.81 bits per heavy atom. The predicted octanol–water partition coefficient (Wildman–Crippen LogP) is 5.56. The first-order valence-electron chi connectivity index (χ1n) is 9.55. The van der Waals surface area contributed by atoms with Crippen molar-refractivity contribution in [2.45, 2.75) is 39.7 Å². The molecule has 1 atom stereocenters. The summed E-state index contributed by atoms with van der Waals surface area (Å²) in [5.74, 6) is 0.230. The molecule has 1 heterocycles. The van der Waals surface area contributed by atoms with E-state index in [2.05, 4.69) is 73.9 Å². The first-order chi connectivity index (χ1) is 12.9. The highest BCUT2D eigenvalue weighted by atomic mass is 16.1. The van der Waals surface area contributed by atoms with Gasteiger partial charge in [0.15, 0.2) is 5.78 Å². The monoisotopic (exact) mass is 358 g/mol. The summed E-state index contributed by atoms with van der Waals surface area (Å²) in [4.78, 5) is 13.1. The summed E-state index contributed by atoms with van der Waals surface area (Å²) in [6, 6.07) is 16.4. The Morgan fingerprint density at radius 3 is 2.59 bits per heavy atom. The Hall–Kier alpha value is -2.81. The van der Waals surface area contributed by atoms with Crippen molar-refractivity contribution in [3.63, 3.8) is 0 Å². The minimum Gasteiger partial charge on any atom is -0.373 e. The number of benzene rings is 2. The number of Topliss-reactive ketones (excluding diaryl/α,β-unsaturated/α-hetero) is 1. The molecule has 0 saturated carbocycles. The summed E-state index contributed by atoms with van der Waals surface area (Å²) in [5.41, 5.74) is 6.30. The maximum atomic E-state index is 13.1. The number of aryl methyl sites for hydroxylation is 1. The van der Waals surface area contributed by atoms with Crippen LogP contribution in [-0.4, -0.2) is 11.8 Å². The third-order valence-electron chi connectivity index (χ3n) is 5.28. The summed E-state index contributed by atoms with van der Waals surface area (Å²) in [5, 5.41) is 7.16. The van der Waals surface area contributed by atoms with Crippen LogP contribution in [0.4, 0.5) is 11.4 Å². The number of carbonyl (C=O) groups is 1. The normalized spacial score (nSPS) is 21.1. The molecule has 0 unspecified atom stereocenters. The fourth-order valence-corrected chi connectivity index (χ4v) is 4.01. The van der Waals surface area contributed by atoms with Gasteiger partial charge in [0.25, 0.3) is 0 Å². The van der Waals surface area contributed by atoms with Crippen molar-refractivity contribution in [3.8, 4) is 0 Å². The highest BCUT2D eigenvalue weighted by molar-refractivity contribution is 6.01. The molecular weight excluding hydrogens is 332 g/mol. The first-order valence-corrected chi connectivity index (χ1v) is 9.55. The van der Waals surface area contributed by atoms with Crippen molar-refractivity contribution in [2.24, 2.45) is 5.41 Å².